The van der Waals surface area contributed by atoms with Crippen molar-refractivity contribution in [3.05, 3.63) is 89.5 Å². The molecule has 4 rings (SSSR count). The van der Waals surface area contributed by atoms with Crippen molar-refractivity contribution in [2.75, 3.05) is 13.7 Å². The molecule has 3 aromatic rings. The Morgan fingerprint density at radius 1 is 0.828 bits per heavy atom. The van der Waals surface area contributed by atoms with Crippen LogP contribution >= 0.6 is 0 Å². The van der Waals surface area contributed by atoms with Gasteiger partial charge in [0.2, 0.25) is 0 Å². The molecular formula is C26H26O3. The minimum absolute atomic E-state index is 0.340. The van der Waals surface area contributed by atoms with E-state index in [2.05, 4.69) is 48.5 Å². The van der Waals surface area contributed by atoms with E-state index in [0.717, 1.165) is 19.3 Å². The largest absolute Gasteiger partial charge is 0.494 e. The van der Waals surface area contributed by atoms with Crippen LogP contribution in [0.2, 0.25) is 0 Å². The third-order valence-electron chi connectivity index (χ3n) is 5.62. The summed E-state index contributed by atoms with van der Waals surface area (Å²) >= 11 is 0. The zero-order valence-corrected chi connectivity index (χ0v) is 16.8. The van der Waals surface area contributed by atoms with Crippen molar-refractivity contribution in [3.63, 3.8) is 0 Å². The van der Waals surface area contributed by atoms with Crippen LogP contribution in [0.3, 0.4) is 0 Å². The van der Waals surface area contributed by atoms with E-state index in [9.17, 15) is 4.79 Å². The van der Waals surface area contributed by atoms with Gasteiger partial charge in [-0.3, -0.25) is 0 Å². The number of unbranched alkanes of at least 4 members (excludes halogenated alkanes) is 2. The molecule has 0 bridgehead atoms. The smallest absolute Gasteiger partial charge is 0.337 e. The minimum atomic E-state index is -0.340. The maximum atomic E-state index is 11.6. The Hall–Kier alpha value is -3.07. The fraction of sp³-hybridized carbons (Fsp3) is 0.269. The van der Waals surface area contributed by atoms with E-state index < -0.39 is 0 Å². The second-order valence-electron chi connectivity index (χ2n) is 7.44. The zero-order valence-electron chi connectivity index (χ0n) is 16.8. The highest BCUT2D eigenvalue weighted by Crippen LogP contribution is 2.46. The molecule has 0 amide bonds. The molecule has 1 aliphatic rings. The minimum Gasteiger partial charge on any atom is -0.494 e. The Morgan fingerprint density at radius 2 is 1.52 bits per heavy atom. The molecule has 0 spiro atoms. The molecule has 0 aromatic heterocycles. The van der Waals surface area contributed by atoms with Gasteiger partial charge in [-0.25, -0.2) is 4.79 Å². The van der Waals surface area contributed by atoms with E-state index in [1.165, 1.54) is 35.8 Å². The van der Waals surface area contributed by atoms with Gasteiger partial charge in [-0.2, -0.15) is 0 Å². The average molecular weight is 386 g/mol. The van der Waals surface area contributed by atoms with Crippen molar-refractivity contribution in [1.82, 2.24) is 0 Å². The van der Waals surface area contributed by atoms with Crippen molar-refractivity contribution < 1.29 is 14.3 Å². The Bertz CT molecular complexity index is 947. The summed E-state index contributed by atoms with van der Waals surface area (Å²) in [5, 5.41) is 0. The highest BCUT2D eigenvalue weighted by molar-refractivity contribution is 5.89. The molecule has 1 aliphatic carbocycles. The first-order chi connectivity index (χ1) is 14.3. The molecule has 3 nitrogen and oxygen atoms in total. The van der Waals surface area contributed by atoms with E-state index >= 15 is 0 Å². The lowest BCUT2D eigenvalue weighted by molar-refractivity contribution is 0.0600. The lowest BCUT2D eigenvalue weighted by Gasteiger charge is -2.13. The van der Waals surface area contributed by atoms with Gasteiger partial charge in [0.15, 0.2) is 0 Å². The zero-order chi connectivity index (χ0) is 20.1. The number of hydrogen-bond acceptors (Lipinski definition) is 3. The van der Waals surface area contributed by atoms with E-state index in [4.69, 9.17) is 9.47 Å². The quantitative estimate of drug-likeness (QED) is 0.340. The van der Waals surface area contributed by atoms with Crippen molar-refractivity contribution in [2.45, 2.75) is 31.6 Å². The van der Waals surface area contributed by atoms with Gasteiger partial charge in [0, 0.05) is 5.92 Å². The third kappa shape index (κ3) is 4.19. The van der Waals surface area contributed by atoms with Gasteiger partial charge in [0.1, 0.15) is 5.75 Å². The number of esters is 1. The summed E-state index contributed by atoms with van der Waals surface area (Å²) in [4.78, 5) is 11.6. The van der Waals surface area contributed by atoms with Crippen molar-refractivity contribution in [2.24, 2.45) is 0 Å². The SMILES string of the molecule is COC(=O)c1cccc(OCCCCCC2c3ccccc3-c3ccccc32)c1. The number of rotatable bonds is 8. The molecule has 3 heteroatoms. The van der Waals surface area contributed by atoms with Crippen LogP contribution in [0.15, 0.2) is 72.8 Å². The third-order valence-corrected chi connectivity index (χ3v) is 5.62. The molecule has 0 heterocycles. The highest BCUT2D eigenvalue weighted by atomic mass is 16.5. The number of methoxy groups -OCH3 is 1. The van der Waals surface area contributed by atoms with Gasteiger partial charge >= 0.3 is 5.97 Å². The molecule has 0 saturated heterocycles. The van der Waals surface area contributed by atoms with Gasteiger partial charge in [0.05, 0.1) is 19.3 Å². The van der Waals surface area contributed by atoms with E-state index in [1.54, 1.807) is 12.1 Å². The molecular weight excluding hydrogens is 360 g/mol. The molecule has 0 aliphatic heterocycles. The number of ether oxygens (including phenoxy) is 2. The number of carbonyl (C=O) groups is 1. The lowest BCUT2D eigenvalue weighted by Crippen LogP contribution is -2.03. The molecule has 0 fully saturated rings. The first-order valence-electron chi connectivity index (χ1n) is 10.3. The monoisotopic (exact) mass is 386 g/mol. The fourth-order valence-corrected chi connectivity index (χ4v) is 4.22. The number of fused-ring (bicyclic) bond motifs is 3. The van der Waals surface area contributed by atoms with Gasteiger partial charge in [0.25, 0.3) is 0 Å². The number of carbonyl (C=O) groups excluding carboxylic acids is 1. The van der Waals surface area contributed by atoms with Crippen LogP contribution in [0.5, 0.6) is 5.75 Å². The van der Waals surface area contributed by atoms with Crippen LogP contribution in [0.1, 0.15) is 53.1 Å². The lowest BCUT2D eigenvalue weighted by atomic mass is 9.91. The van der Waals surface area contributed by atoms with Gasteiger partial charge in [-0.15, -0.1) is 0 Å². The molecule has 0 atom stereocenters. The highest BCUT2D eigenvalue weighted by Gasteiger charge is 2.27. The van der Waals surface area contributed by atoms with Crippen molar-refractivity contribution >= 4 is 5.97 Å². The molecule has 29 heavy (non-hydrogen) atoms. The summed E-state index contributed by atoms with van der Waals surface area (Å²) in [5.41, 5.74) is 6.22. The standard InChI is InChI=1S/C26H26O3/c1-28-26(27)19-10-9-11-20(18-19)29-17-8-2-3-12-21-22-13-4-6-15-24(22)25-16-7-5-14-23(21)25/h4-7,9-11,13-16,18,21H,2-3,8,12,17H2,1H3. The molecule has 148 valence electrons. The van der Waals surface area contributed by atoms with Crippen LogP contribution in [0.25, 0.3) is 11.1 Å². The maximum Gasteiger partial charge on any atom is 0.337 e. The van der Waals surface area contributed by atoms with Crippen LogP contribution < -0.4 is 4.74 Å². The molecule has 0 radical (unpaired) electrons. The molecule has 0 N–H and O–H groups in total. The summed E-state index contributed by atoms with van der Waals surface area (Å²) in [5.74, 6) is 0.874. The van der Waals surface area contributed by atoms with Crippen LogP contribution in [0.4, 0.5) is 0 Å². The maximum absolute atomic E-state index is 11.6. The van der Waals surface area contributed by atoms with Gasteiger partial charge in [-0.1, -0.05) is 67.4 Å². The average Bonchev–Trinajstić information content (AvgIpc) is 3.10. The predicted molar refractivity (Wildman–Crippen MR) is 115 cm³/mol. The van der Waals surface area contributed by atoms with Crippen LogP contribution in [-0.2, 0) is 4.74 Å². The Kier molecular flexibility index (Phi) is 5.95. The predicted octanol–water partition coefficient (Wildman–Crippen LogP) is 6.22. The van der Waals surface area contributed by atoms with Gasteiger partial charge in [-0.05, 0) is 53.3 Å². The Balaban J connectivity index is 1.27. The normalized spacial score (nSPS) is 12.3. The van der Waals surface area contributed by atoms with Crippen LogP contribution in [0, 0.1) is 0 Å². The summed E-state index contributed by atoms with van der Waals surface area (Å²) in [6.07, 6.45) is 4.45. The van der Waals surface area contributed by atoms with Crippen LogP contribution in [-0.4, -0.2) is 19.7 Å². The molecule has 0 saturated carbocycles. The Morgan fingerprint density at radius 3 is 2.21 bits per heavy atom. The van der Waals surface area contributed by atoms with Crippen molar-refractivity contribution in [3.8, 4) is 16.9 Å². The summed E-state index contributed by atoms with van der Waals surface area (Å²) < 4.78 is 10.6. The van der Waals surface area contributed by atoms with Crippen molar-refractivity contribution in [1.29, 1.82) is 0 Å². The second-order valence-corrected chi connectivity index (χ2v) is 7.44. The van der Waals surface area contributed by atoms with E-state index in [-0.39, 0.29) is 5.97 Å². The first-order valence-corrected chi connectivity index (χ1v) is 10.3. The number of benzene rings is 3. The summed E-state index contributed by atoms with van der Waals surface area (Å²) in [6.45, 7) is 0.655. The summed E-state index contributed by atoms with van der Waals surface area (Å²) in [6, 6.07) is 24.7. The second kappa shape index (κ2) is 8.95. The Labute approximate surface area is 172 Å². The van der Waals surface area contributed by atoms with E-state index in [1.807, 2.05) is 12.1 Å². The first kappa shape index (κ1) is 19.3. The number of hydrogen-bond donors (Lipinski definition) is 0. The summed E-state index contributed by atoms with van der Waals surface area (Å²) in [7, 11) is 1.39. The topological polar surface area (TPSA) is 35.5 Å². The molecule has 0 unspecified atom stereocenters. The fourth-order valence-electron chi connectivity index (χ4n) is 4.22. The molecule has 3 aromatic carbocycles. The van der Waals surface area contributed by atoms with Gasteiger partial charge < -0.3 is 9.47 Å². The van der Waals surface area contributed by atoms with E-state index in [0.29, 0.717) is 23.8 Å².